The van der Waals surface area contributed by atoms with E-state index in [2.05, 4.69) is 23.9 Å². The first-order valence-corrected chi connectivity index (χ1v) is 14.3. The lowest BCUT2D eigenvalue weighted by atomic mass is 9.90. The van der Waals surface area contributed by atoms with Crippen LogP contribution in [-0.4, -0.2) is 69.5 Å². The minimum absolute atomic E-state index is 0.0273. The van der Waals surface area contributed by atoms with Crippen LogP contribution in [0.25, 0.3) is 11.0 Å². The molecule has 2 aromatic heterocycles. The van der Waals surface area contributed by atoms with Gasteiger partial charge in [0.25, 0.3) is 0 Å². The molecule has 2 fully saturated rings. The van der Waals surface area contributed by atoms with Gasteiger partial charge in [-0.05, 0) is 55.6 Å². The molecule has 2 atom stereocenters. The summed E-state index contributed by atoms with van der Waals surface area (Å²) in [5.41, 5.74) is 2.10. The van der Waals surface area contributed by atoms with E-state index in [-0.39, 0.29) is 29.3 Å². The second-order valence-corrected chi connectivity index (χ2v) is 11.7. The summed E-state index contributed by atoms with van der Waals surface area (Å²) in [5, 5.41) is 3.11. The van der Waals surface area contributed by atoms with Gasteiger partial charge in [-0.2, -0.15) is 13.1 Å². The molecule has 0 bridgehead atoms. The van der Waals surface area contributed by atoms with E-state index in [0.717, 1.165) is 49.5 Å². The molecule has 35 heavy (non-hydrogen) atoms. The number of amides is 1. The molecule has 2 saturated heterocycles. The maximum atomic E-state index is 13.8. The molecule has 1 N–H and O–H groups in total. The van der Waals surface area contributed by atoms with Gasteiger partial charge in [-0.1, -0.05) is 18.9 Å². The summed E-state index contributed by atoms with van der Waals surface area (Å²) in [7, 11) is -3.80. The fourth-order valence-corrected chi connectivity index (χ4v) is 7.37. The molecule has 5 rings (SSSR count). The molecule has 11 heteroatoms. The lowest BCUT2D eigenvalue weighted by molar-refractivity contribution is -0.129. The number of carbonyl (C=O) groups is 1. The van der Waals surface area contributed by atoms with Gasteiger partial charge >= 0.3 is 0 Å². The summed E-state index contributed by atoms with van der Waals surface area (Å²) in [5.74, 6) is -0.238. The fraction of sp³-hybridized carbons (Fsp3) is 0.500. The van der Waals surface area contributed by atoms with Crippen LogP contribution in [0.5, 0.6) is 0 Å². The highest BCUT2D eigenvalue weighted by Crippen LogP contribution is 2.31. The van der Waals surface area contributed by atoms with Crippen molar-refractivity contribution in [2.75, 3.05) is 26.2 Å². The molecule has 9 nitrogen and oxygen atoms in total. The molecule has 1 amide bonds. The molecule has 186 valence electrons. The van der Waals surface area contributed by atoms with Crippen molar-refractivity contribution in [3.63, 3.8) is 0 Å². The highest BCUT2D eigenvalue weighted by atomic mass is 32.2. The number of aromatic nitrogens is 3. The maximum Gasteiger partial charge on any atom is 0.245 e. The van der Waals surface area contributed by atoms with Crippen molar-refractivity contribution in [1.82, 2.24) is 28.3 Å². The molecule has 2 unspecified atom stereocenters. The summed E-state index contributed by atoms with van der Waals surface area (Å²) in [6.07, 6.45) is 8.16. The monoisotopic (exact) mass is 514 g/mol. The number of carbonyl (C=O) groups excluding carboxylic acids is 1. The van der Waals surface area contributed by atoms with E-state index in [1.54, 1.807) is 30.6 Å². The zero-order chi connectivity index (χ0) is 24.3. The number of nitrogens with zero attached hydrogens (tertiary/aromatic N) is 5. The second-order valence-electron chi connectivity index (χ2n) is 9.24. The molecule has 2 aliphatic rings. The average Bonchev–Trinajstić information content (AvgIpc) is 3.35. The fourth-order valence-electron chi connectivity index (χ4n) is 5.15. The van der Waals surface area contributed by atoms with Crippen LogP contribution in [0.4, 0.5) is 0 Å². The molecule has 0 saturated carbocycles. The molecule has 0 aliphatic carbocycles. The van der Waals surface area contributed by atoms with Gasteiger partial charge in [-0.3, -0.25) is 14.7 Å². The number of benzene rings is 1. The third-order valence-electron chi connectivity index (χ3n) is 7.02. The first-order valence-electron chi connectivity index (χ1n) is 12.2. The second kappa shape index (κ2) is 10.7. The zero-order valence-corrected chi connectivity index (χ0v) is 21.2. The van der Waals surface area contributed by atoms with Gasteiger partial charge in [0.1, 0.15) is 15.9 Å². The molecular weight excluding hydrogens is 484 g/mol. The predicted molar refractivity (Wildman–Crippen MR) is 134 cm³/mol. The van der Waals surface area contributed by atoms with Crippen LogP contribution < -0.4 is 5.32 Å². The van der Waals surface area contributed by atoms with Crippen LogP contribution >= 0.6 is 11.7 Å². The Balaban J connectivity index is 1.48. The number of hydrogen-bond donors (Lipinski definition) is 1. The largest absolute Gasteiger partial charge is 0.356 e. The molecule has 4 heterocycles. The van der Waals surface area contributed by atoms with Gasteiger partial charge in [-0.25, -0.2) is 8.42 Å². The Morgan fingerprint density at radius 2 is 1.86 bits per heavy atom. The highest BCUT2D eigenvalue weighted by molar-refractivity contribution is 7.89. The number of piperidine rings is 1. The number of pyridine rings is 1. The van der Waals surface area contributed by atoms with Crippen LogP contribution in [0.2, 0.25) is 0 Å². The van der Waals surface area contributed by atoms with Crippen molar-refractivity contribution in [3.8, 4) is 0 Å². The van der Waals surface area contributed by atoms with Crippen molar-refractivity contribution in [3.05, 3.63) is 48.3 Å². The molecular formula is C24H30N6O3S2. The number of nitrogens with one attached hydrogen (secondary N) is 1. The Labute approximate surface area is 209 Å². The first kappa shape index (κ1) is 24.2. The van der Waals surface area contributed by atoms with E-state index in [0.29, 0.717) is 37.1 Å². The first-order chi connectivity index (χ1) is 17.0. The van der Waals surface area contributed by atoms with Gasteiger partial charge in [0.05, 0.1) is 17.6 Å². The summed E-state index contributed by atoms with van der Waals surface area (Å²) < 4.78 is 37.6. The quantitative estimate of drug-likeness (QED) is 0.570. The maximum absolute atomic E-state index is 13.8. The molecule has 1 aromatic carbocycles. The van der Waals surface area contributed by atoms with Crippen LogP contribution in [0, 0.1) is 5.92 Å². The molecule has 2 aliphatic heterocycles. The van der Waals surface area contributed by atoms with E-state index in [1.165, 1.54) is 4.31 Å². The van der Waals surface area contributed by atoms with Gasteiger partial charge in [0.2, 0.25) is 15.9 Å². The van der Waals surface area contributed by atoms with Gasteiger partial charge < -0.3 is 5.32 Å². The Kier molecular flexibility index (Phi) is 7.37. The number of sulfonamides is 1. The number of fused-ring (bicyclic) bond motifs is 2. The third-order valence-corrected chi connectivity index (χ3v) is 9.46. The van der Waals surface area contributed by atoms with Crippen LogP contribution in [0.1, 0.15) is 37.7 Å². The molecule has 0 radical (unpaired) electrons. The van der Waals surface area contributed by atoms with Gasteiger partial charge in [0, 0.05) is 44.6 Å². The lowest BCUT2D eigenvalue weighted by Crippen LogP contribution is -2.57. The average molecular weight is 515 g/mol. The SMILES string of the molecule is O=C1NCCCCCCN(Cc2ccncc2)C2CN(S(=O)(=O)c3cccc4nsnc34)CCC12. The Bertz CT molecular complexity index is 1270. The Morgan fingerprint density at radius 1 is 1.03 bits per heavy atom. The minimum Gasteiger partial charge on any atom is -0.356 e. The third kappa shape index (κ3) is 5.23. The van der Waals surface area contributed by atoms with Crippen molar-refractivity contribution in [1.29, 1.82) is 0 Å². The normalized spacial score (nSPS) is 23.4. The van der Waals surface area contributed by atoms with E-state index in [1.807, 2.05) is 12.1 Å². The summed E-state index contributed by atoms with van der Waals surface area (Å²) in [4.78, 5) is 19.8. The van der Waals surface area contributed by atoms with Crippen molar-refractivity contribution >= 4 is 38.7 Å². The number of rotatable bonds is 4. The predicted octanol–water partition coefficient (Wildman–Crippen LogP) is 2.66. The van der Waals surface area contributed by atoms with Crippen molar-refractivity contribution in [2.24, 2.45) is 5.92 Å². The summed E-state index contributed by atoms with van der Waals surface area (Å²) in [6, 6.07) is 8.82. The summed E-state index contributed by atoms with van der Waals surface area (Å²) in [6.45, 7) is 2.70. The Morgan fingerprint density at radius 3 is 2.71 bits per heavy atom. The van der Waals surface area contributed by atoms with Crippen LogP contribution in [0.3, 0.4) is 0 Å². The van der Waals surface area contributed by atoms with E-state index in [4.69, 9.17) is 0 Å². The molecule has 3 aromatic rings. The lowest BCUT2D eigenvalue weighted by Gasteiger charge is -2.43. The standard InChI is InChI=1S/C24H30N6O3S2/c31-24-19-10-15-30(35(32,33)22-7-5-6-20-23(22)28-34-27-20)17-21(19)29(14-4-2-1-3-11-26-24)16-18-8-12-25-13-9-18/h5-9,12-13,19,21H,1-4,10-11,14-17H2,(H,26,31). The minimum atomic E-state index is -3.80. The van der Waals surface area contributed by atoms with Crippen LogP contribution in [0.15, 0.2) is 47.6 Å². The van der Waals surface area contributed by atoms with Crippen LogP contribution in [-0.2, 0) is 21.4 Å². The van der Waals surface area contributed by atoms with Crippen molar-refractivity contribution in [2.45, 2.75) is 49.6 Å². The smallest absolute Gasteiger partial charge is 0.245 e. The van der Waals surface area contributed by atoms with Crippen molar-refractivity contribution < 1.29 is 13.2 Å². The topological polar surface area (TPSA) is 108 Å². The molecule has 0 spiro atoms. The van der Waals surface area contributed by atoms with E-state index >= 15 is 0 Å². The van der Waals surface area contributed by atoms with E-state index in [9.17, 15) is 13.2 Å². The summed E-state index contributed by atoms with van der Waals surface area (Å²) >= 11 is 1.01. The Hall–Kier alpha value is -2.47. The van der Waals surface area contributed by atoms with Gasteiger partial charge in [0.15, 0.2) is 0 Å². The number of hydrogen-bond acceptors (Lipinski definition) is 8. The zero-order valence-electron chi connectivity index (χ0n) is 19.5. The van der Waals surface area contributed by atoms with E-state index < -0.39 is 10.0 Å². The highest BCUT2D eigenvalue weighted by Gasteiger charge is 2.42. The van der Waals surface area contributed by atoms with Gasteiger partial charge in [-0.15, -0.1) is 0 Å².